The average molecular weight is 285 g/mol. The minimum atomic E-state index is 0.322. The van der Waals surface area contributed by atoms with Crippen LogP contribution in [-0.2, 0) is 4.74 Å². The molecule has 0 spiro atoms. The van der Waals surface area contributed by atoms with Gasteiger partial charge in [-0.15, -0.1) is 0 Å². The third-order valence-corrected chi connectivity index (χ3v) is 3.76. The van der Waals surface area contributed by atoms with E-state index in [1.165, 1.54) is 0 Å². The Labute approximate surface area is 118 Å². The van der Waals surface area contributed by atoms with E-state index < -0.39 is 0 Å². The van der Waals surface area contributed by atoms with Crippen molar-refractivity contribution >= 4 is 34.5 Å². The van der Waals surface area contributed by atoms with Crippen LogP contribution in [0.3, 0.4) is 0 Å². The highest BCUT2D eigenvalue weighted by Gasteiger charge is 2.23. The van der Waals surface area contributed by atoms with Crippen LogP contribution in [0.2, 0.25) is 5.02 Å². The Balaban J connectivity index is 2.23. The smallest absolute Gasteiger partial charge is 0.107 e. The molecule has 0 bridgehead atoms. The number of thiocarbonyl (C=S) groups is 1. The van der Waals surface area contributed by atoms with Gasteiger partial charge in [-0.1, -0.05) is 36.8 Å². The summed E-state index contributed by atoms with van der Waals surface area (Å²) >= 11 is 11.2. The van der Waals surface area contributed by atoms with Crippen LogP contribution in [0.1, 0.15) is 18.9 Å². The molecule has 0 aromatic heterocycles. The second-order valence-electron chi connectivity index (χ2n) is 4.62. The molecule has 5 heteroatoms. The first-order valence-electron chi connectivity index (χ1n) is 6.02. The first-order valence-corrected chi connectivity index (χ1v) is 6.81. The van der Waals surface area contributed by atoms with Crippen LogP contribution in [0.15, 0.2) is 18.2 Å². The molecule has 0 radical (unpaired) electrons. The highest BCUT2D eigenvalue weighted by atomic mass is 35.5. The Morgan fingerprint density at radius 1 is 1.56 bits per heavy atom. The van der Waals surface area contributed by atoms with Gasteiger partial charge in [-0.05, 0) is 24.5 Å². The maximum absolute atomic E-state index is 6.15. The quantitative estimate of drug-likeness (QED) is 0.838. The maximum atomic E-state index is 6.15. The molecular formula is C13H17ClN2OS. The Kier molecular flexibility index (Phi) is 4.43. The van der Waals surface area contributed by atoms with Crippen molar-refractivity contribution in [1.82, 2.24) is 0 Å². The Morgan fingerprint density at radius 3 is 3.00 bits per heavy atom. The highest BCUT2D eigenvalue weighted by molar-refractivity contribution is 7.80. The summed E-state index contributed by atoms with van der Waals surface area (Å²) in [5, 5.41) is 4.08. The van der Waals surface area contributed by atoms with E-state index in [2.05, 4.69) is 12.2 Å². The molecule has 3 N–H and O–H groups in total. The standard InChI is InChI=1S/C13H17ClN2OS/c1-8-7-17-6-5-10(8)16-11-4-2-3-9(14)12(11)13(15)18/h2-4,8,10,16H,5-7H2,1H3,(H2,15,18). The number of hydrogen-bond donors (Lipinski definition) is 2. The number of rotatable bonds is 3. The van der Waals surface area contributed by atoms with Crippen molar-refractivity contribution in [1.29, 1.82) is 0 Å². The first-order chi connectivity index (χ1) is 8.59. The predicted octanol–water partition coefficient (Wildman–Crippen LogP) is 2.81. The minimum Gasteiger partial charge on any atom is -0.389 e. The average Bonchev–Trinajstić information content (AvgIpc) is 2.31. The zero-order chi connectivity index (χ0) is 13.1. The molecule has 2 unspecified atom stereocenters. The number of nitrogens with one attached hydrogen (secondary N) is 1. The van der Waals surface area contributed by atoms with Gasteiger partial charge in [-0.3, -0.25) is 0 Å². The maximum Gasteiger partial charge on any atom is 0.107 e. The zero-order valence-corrected chi connectivity index (χ0v) is 11.9. The Hall–Kier alpha value is -0.840. The van der Waals surface area contributed by atoms with E-state index in [1.54, 1.807) is 6.07 Å². The van der Waals surface area contributed by atoms with Crippen molar-refractivity contribution < 1.29 is 4.74 Å². The minimum absolute atomic E-state index is 0.322. The summed E-state index contributed by atoms with van der Waals surface area (Å²) in [7, 11) is 0. The molecule has 1 aromatic rings. The van der Waals surface area contributed by atoms with Crippen molar-refractivity contribution in [3.63, 3.8) is 0 Å². The van der Waals surface area contributed by atoms with E-state index in [9.17, 15) is 0 Å². The van der Waals surface area contributed by atoms with Crippen molar-refractivity contribution in [3.8, 4) is 0 Å². The molecule has 0 amide bonds. The largest absolute Gasteiger partial charge is 0.389 e. The van der Waals surface area contributed by atoms with Gasteiger partial charge in [0.1, 0.15) is 4.99 Å². The summed E-state index contributed by atoms with van der Waals surface area (Å²) in [5.74, 6) is 0.455. The number of nitrogens with two attached hydrogens (primary N) is 1. The predicted molar refractivity (Wildman–Crippen MR) is 79.4 cm³/mol. The summed E-state index contributed by atoms with van der Waals surface area (Å²) in [5.41, 5.74) is 7.38. The Bertz CT molecular complexity index is 453. The summed E-state index contributed by atoms with van der Waals surface area (Å²) in [6.45, 7) is 3.73. The molecule has 1 heterocycles. The fourth-order valence-electron chi connectivity index (χ4n) is 2.19. The van der Waals surface area contributed by atoms with E-state index >= 15 is 0 Å². The van der Waals surface area contributed by atoms with Crippen molar-refractivity contribution in [2.75, 3.05) is 18.5 Å². The molecule has 0 aliphatic carbocycles. The van der Waals surface area contributed by atoms with Crippen LogP contribution in [0, 0.1) is 5.92 Å². The number of ether oxygens (including phenoxy) is 1. The summed E-state index contributed by atoms with van der Waals surface area (Å²) in [6.07, 6.45) is 0.977. The van der Waals surface area contributed by atoms with Crippen LogP contribution < -0.4 is 11.1 Å². The molecular weight excluding hydrogens is 268 g/mol. The van der Waals surface area contributed by atoms with Gasteiger partial charge >= 0.3 is 0 Å². The van der Waals surface area contributed by atoms with Gasteiger partial charge in [-0.25, -0.2) is 0 Å². The third kappa shape index (κ3) is 2.94. The third-order valence-electron chi connectivity index (χ3n) is 3.24. The number of benzene rings is 1. The van der Waals surface area contributed by atoms with E-state index in [0.717, 1.165) is 30.9 Å². The zero-order valence-electron chi connectivity index (χ0n) is 10.3. The topological polar surface area (TPSA) is 47.3 Å². The summed E-state index contributed by atoms with van der Waals surface area (Å²) in [6, 6.07) is 6.03. The van der Waals surface area contributed by atoms with Gasteiger partial charge in [0.15, 0.2) is 0 Å². The summed E-state index contributed by atoms with van der Waals surface area (Å²) < 4.78 is 5.43. The molecule has 98 valence electrons. The molecule has 1 aliphatic rings. The fraction of sp³-hybridized carbons (Fsp3) is 0.462. The molecule has 2 rings (SSSR count). The second kappa shape index (κ2) is 5.87. The molecule has 0 saturated carbocycles. The molecule has 1 fully saturated rings. The van der Waals surface area contributed by atoms with E-state index in [1.807, 2.05) is 12.1 Å². The van der Waals surface area contributed by atoms with E-state index in [-0.39, 0.29) is 0 Å². The SMILES string of the molecule is CC1COCCC1Nc1cccc(Cl)c1C(N)=S. The molecule has 1 aromatic carbocycles. The lowest BCUT2D eigenvalue weighted by Crippen LogP contribution is -2.36. The van der Waals surface area contributed by atoms with Crippen LogP contribution in [0.25, 0.3) is 0 Å². The highest BCUT2D eigenvalue weighted by Crippen LogP contribution is 2.27. The molecule has 1 saturated heterocycles. The Morgan fingerprint density at radius 2 is 2.33 bits per heavy atom. The summed E-state index contributed by atoms with van der Waals surface area (Å²) in [4.78, 5) is 0.322. The lowest BCUT2D eigenvalue weighted by Gasteiger charge is -2.31. The molecule has 18 heavy (non-hydrogen) atoms. The van der Waals surface area contributed by atoms with Gasteiger partial charge in [0.25, 0.3) is 0 Å². The second-order valence-corrected chi connectivity index (χ2v) is 5.47. The van der Waals surface area contributed by atoms with Crippen LogP contribution >= 0.6 is 23.8 Å². The van der Waals surface area contributed by atoms with Gasteiger partial charge in [0.2, 0.25) is 0 Å². The lowest BCUT2D eigenvalue weighted by atomic mass is 9.97. The lowest BCUT2D eigenvalue weighted by molar-refractivity contribution is 0.0538. The van der Waals surface area contributed by atoms with Gasteiger partial charge in [0, 0.05) is 18.3 Å². The molecule has 2 atom stereocenters. The van der Waals surface area contributed by atoms with Crippen molar-refractivity contribution in [2.24, 2.45) is 11.7 Å². The number of halogens is 1. The van der Waals surface area contributed by atoms with Gasteiger partial charge in [-0.2, -0.15) is 0 Å². The van der Waals surface area contributed by atoms with E-state index in [0.29, 0.717) is 22.0 Å². The molecule has 3 nitrogen and oxygen atoms in total. The van der Waals surface area contributed by atoms with Crippen LogP contribution in [-0.4, -0.2) is 24.2 Å². The monoisotopic (exact) mass is 284 g/mol. The number of hydrogen-bond acceptors (Lipinski definition) is 3. The van der Waals surface area contributed by atoms with Gasteiger partial charge in [0.05, 0.1) is 17.2 Å². The van der Waals surface area contributed by atoms with E-state index in [4.69, 9.17) is 34.3 Å². The fourth-order valence-corrected chi connectivity index (χ4v) is 2.74. The van der Waals surface area contributed by atoms with Gasteiger partial charge < -0.3 is 15.8 Å². The molecule has 1 aliphatic heterocycles. The number of anilines is 1. The first kappa shape index (κ1) is 13.6. The van der Waals surface area contributed by atoms with Crippen LogP contribution in [0.5, 0.6) is 0 Å². The van der Waals surface area contributed by atoms with Crippen molar-refractivity contribution in [2.45, 2.75) is 19.4 Å². The normalized spacial score (nSPS) is 23.7. The van der Waals surface area contributed by atoms with Crippen molar-refractivity contribution in [3.05, 3.63) is 28.8 Å². The van der Waals surface area contributed by atoms with Crippen LogP contribution in [0.4, 0.5) is 5.69 Å².